The number of rotatable bonds is 5. The smallest absolute Gasteiger partial charge is 0.237 e. The zero-order chi connectivity index (χ0) is 12.8. The molecule has 0 radical (unpaired) electrons. The van der Waals surface area contributed by atoms with E-state index in [-0.39, 0.29) is 5.91 Å². The Morgan fingerprint density at radius 1 is 1.39 bits per heavy atom. The number of nitrogens with zero attached hydrogens (tertiary/aromatic N) is 1. The fourth-order valence-electron chi connectivity index (χ4n) is 1.59. The first-order valence-corrected chi connectivity index (χ1v) is 6.64. The van der Waals surface area contributed by atoms with Gasteiger partial charge in [-0.3, -0.25) is 4.79 Å². The van der Waals surface area contributed by atoms with Crippen LogP contribution in [0.25, 0.3) is 0 Å². The molecule has 5 heteroatoms. The normalized spacial score (nSPS) is 12.1. The van der Waals surface area contributed by atoms with Crippen molar-refractivity contribution in [1.29, 1.82) is 0 Å². The van der Waals surface area contributed by atoms with Crippen LogP contribution in [0.1, 0.15) is 11.3 Å². The lowest BCUT2D eigenvalue weighted by atomic mass is 10.1. The summed E-state index contributed by atoms with van der Waals surface area (Å²) < 4.78 is 0. The van der Waals surface area contributed by atoms with Crippen LogP contribution in [0.2, 0.25) is 0 Å². The van der Waals surface area contributed by atoms with Gasteiger partial charge >= 0.3 is 0 Å². The summed E-state index contributed by atoms with van der Waals surface area (Å²) in [6, 6.07) is 9.23. The molecule has 2 rings (SSSR count). The van der Waals surface area contributed by atoms with Gasteiger partial charge in [-0.1, -0.05) is 30.3 Å². The number of carbonyl (C=O) groups is 1. The van der Waals surface area contributed by atoms with Crippen LogP contribution < -0.4 is 11.1 Å². The molecule has 1 heterocycles. The molecule has 18 heavy (non-hydrogen) atoms. The average molecular weight is 261 g/mol. The first-order chi connectivity index (χ1) is 8.75. The van der Waals surface area contributed by atoms with Crippen molar-refractivity contribution in [2.75, 3.05) is 0 Å². The summed E-state index contributed by atoms with van der Waals surface area (Å²) in [5, 5.41) is 4.69. The van der Waals surface area contributed by atoms with Gasteiger partial charge in [0, 0.05) is 5.38 Å². The van der Waals surface area contributed by atoms with Gasteiger partial charge in [0.05, 0.1) is 23.8 Å². The maximum absolute atomic E-state index is 11.8. The molecule has 0 bridgehead atoms. The van der Waals surface area contributed by atoms with Crippen molar-refractivity contribution in [1.82, 2.24) is 10.3 Å². The second-order valence-corrected chi connectivity index (χ2v) is 4.71. The number of amides is 1. The highest BCUT2D eigenvalue weighted by atomic mass is 32.1. The number of carbonyl (C=O) groups excluding carboxylic acids is 1. The number of thiazole rings is 1. The molecule has 0 aliphatic carbocycles. The molecule has 0 fully saturated rings. The molecule has 0 aliphatic rings. The molecule has 0 unspecified atom stereocenters. The van der Waals surface area contributed by atoms with E-state index in [2.05, 4.69) is 10.3 Å². The summed E-state index contributed by atoms with van der Waals surface area (Å²) in [5.41, 5.74) is 9.53. The second-order valence-electron chi connectivity index (χ2n) is 3.99. The van der Waals surface area contributed by atoms with E-state index in [4.69, 9.17) is 5.73 Å². The minimum absolute atomic E-state index is 0.146. The standard InChI is InChI=1S/C13H15N3OS/c14-12(6-10-4-2-1-3-5-10)13(17)15-7-11-8-18-9-16-11/h1-5,8-9,12H,6-7,14H2,(H,15,17)/t12-/m1/s1. The molecule has 2 aromatic rings. The molecule has 4 nitrogen and oxygen atoms in total. The lowest BCUT2D eigenvalue weighted by molar-refractivity contribution is -0.122. The number of hydrogen-bond acceptors (Lipinski definition) is 4. The van der Waals surface area contributed by atoms with Crippen LogP contribution >= 0.6 is 11.3 Å². The van der Waals surface area contributed by atoms with Gasteiger partial charge in [-0.2, -0.15) is 0 Å². The Kier molecular flexibility index (Phi) is 4.44. The van der Waals surface area contributed by atoms with Crippen LogP contribution in [0, 0.1) is 0 Å². The quantitative estimate of drug-likeness (QED) is 0.853. The molecule has 1 atom stereocenters. The van der Waals surface area contributed by atoms with Crippen LogP contribution in [0.5, 0.6) is 0 Å². The Balaban J connectivity index is 1.82. The summed E-state index contributed by atoms with van der Waals surface area (Å²) in [6.07, 6.45) is 0.545. The SMILES string of the molecule is N[C@H](Cc1ccccc1)C(=O)NCc1cscn1. The lowest BCUT2D eigenvalue weighted by Gasteiger charge is -2.11. The highest BCUT2D eigenvalue weighted by Gasteiger charge is 2.13. The summed E-state index contributed by atoms with van der Waals surface area (Å²) in [7, 11) is 0. The maximum Gasteiger partial charge on any atom is 0.237 e. The van der Waals surface area contributed by atoms with Gasteiger partial charge < -0.3 is 11.1 Å². The van der Waals surface area contributed by atoms with Gasteiger partial charge in [-0.25, -0.2) is 4.98 Å². The Hall–Kier alpha value is -1.72. The van der Waals surface area contributed by atoms with E-state index in [9.17, 15) is 4.79 Å². The largest absolute Gasteiger partial charge is 0.349 e. The van der Waals surface area contributed by atoms with Crippen LogP contribution in [-0.2, 0) is 17.8 Å². The first-order valence-electron chi connectivity index (χ1n) is 5.70. The Morgan fingerprint density at radius 3 is 2.83 bits per heavy atom. The molecule has 0 aliphatic heterocycles. The van der Waals surface area contributed by atoms with Gasteiger partial charge in [-0.05, 0) is 12.0 Å². The third kappa shape index (κ3) is 3.65. The summed E-state index contributed by atoms with van der Waals surface area (Å²) in [4.78, 5) is 15.9. The number of aromatic nitrogens is 1. The number of nitrogens with one attached hydrogen (secondary N) is 1. The molecule has 1 aromatic carbocycles. The third-order valence-electron chi connectivity index (χ3n) is 2.56. The minimum atomic E-state index is -0.522. The van der Waals surface area contributed by atoms with Gasteiger partial charge in [-0.15, -0.1) is 11.3 Å². The third-order valence-corrected chi connectivity index (χ3v) is 3.20. The fraction of sp³-hybridized carbons (Fsp3) is 0.231. The zero-order valence-electron chi connectivity index (χ0n) is 9.87. The van der Waals surface area contributed by atoms with Gasteiger partial charge in [0.15, 0.2) is 0 Å². The van der Waals surface area contributed by atoms with Crippen molar-refractivity contribution >= 4 is 17.2 Å². The number of benzene rings is 1. The van der Waals surface area contributed by atoms with Crippen molar-refractivity contribution in [3.05, 3.63) is 52.5 Å². The molecule has 94 valence electrons. The highest BCUT2D eigenvalue weighted by molar-refractivity contribution is 7.07. The maximum atomic E-state index is 11.8. The molecular weight excluding hydrogens is 246 g/mol. The first kappa shape index (κ1) is 12.7. The Bertz CT molecular complexity index is 484. The molecule has 1 amide bonds. The van der Waals surface area contributed by atoms with Crippen LogP contribution in [0.3, 0.4) is 0 Å². The summed E-state index contributed by atoms with van der Waals surface area (Å²) >= 11 is 1.51. The van der Waals surface area contributed by atoms with Crippen molar-refractivity contribution in [2.24, 2.45) is 5.73 Å². The van der Waals surface area contributed by atoms with E-state index in [1.165, 1.54) is 11.3 Å². The van der Waals surface area contributed by atoms with Crippen molar-refractivity contribution in [2.45, 2.75) is 19.0 Å². The average Bonchev–Trinajstić information content (AvgIpc) is 2.90. The number of nitrogens with two attached hydrogens (primary N) is 1. The van der Waals surface area contributed by atoms with Crippen molar-refractivity contribution in [3.63, 3.8) is 0 Å². The second kappa shape index (κ2) is 6.28. The zero-order valence-corrected chi connectivity index (χ0v) is 10.7. The van der Waals surface area contributed by atoms with Crippen molar-refractivity contribution < 1.29 is 4.79 Å². The van der Waals surface area contributed by atoms with E-state index in [1.54, 1.807) is 5.51 Å². The Morgan fingerprint density at radius 2 is 2.17 bits per heavy atom. The van der Waals surface area contributed by atoms with E-state index in [0.717, 1.165) is 11.3 Å². The fourth-order valence-corrected chi connectivity index (χ4v) is 2.15. The van der Waals surface area contributed by atoms with Gasteiger partial charge in [0.2, 0.25) is 5.91 Å². The Labute approximate surface area is 110 Å². The topological polar surface area (TPSA) is 68.0 Å². The molecule has 3 N–H and O–H groups in total. The van der Waals surface area contributed by atoms with Gasteiger partial charge in [0.1, 0.15) is 0 Å². The van der Waals surface area contributed by atoms with Crippen LogP contribution in [0.4, 0.5) is 0 Å². The molecule has 0 spiro atoms. The lowest BCUT2D eigenvalue weighted by Crippen LogP contribution is -2.41. The van der Waals surface area contributed by atoms with E-state index in [1.807, 2.05) is 35.7 Å². The van der Waals surface area contributed by atoms with E-state index < -0.39 is 6.04 Å². The predicted octanol–water partition coefficient (Wildman–Crippen LogP) is 1.33. The molecule has 0 saturated carbocycles. The molecule has 1 aromatic heterocycles. The summed E-state index contributed by atoms with van der Waals surface area (Å²) in [5.74, 6) is -0.146. The minimum Gasteiger partial charge on any atom is -0.349 e. The highest BCUT2D eigenvalue weighted by Crippen LogP contribution is 2.03. The van der Waals surface area contributed by atoms with Crippen molar-refractivity contribution in [3.8, 4) is 0 Å². The van der Waals surface area contributed by atoms with Crippen LogP contribution in [-0.4, -0.2) is 16.9 Å². The molecule has 0 saturated heterocycles. The van der Waals surface area contributed by atoms with Gasteiger partial charge in [0.25, 0.3) is 0 Å². The van der Waals surface area contributed by atoms with E-state index in [0.29, 0.717) is 13.0 Å². The van der Waals surface area contributed by atoms with Crippen LogP contribution in [0.15, 0.2) is 41.2 Å². The monoisotopic (exact) mass is 261 g/mol. The molecular formula is C13H15N3OS. The number of hydrogen-bond donors (Lipinski definition) is 2. The predicted molar refractivity (Wildman–Crippen MR) is 72.1 cm³/mol. The van der Waals surface area contributed by atoms with E-state index >= 15 is 0 Å². The summed E-state index contributed by atoms with van der Waals surface area (Å²) in [6.45, 7) is 0.435.